The summed E-state index contributed by atoms with van der Waals surface area (Å²) in [5.74, 6) is 0.971. The summed E-state index contributed by atoms with van der Waals surface area (Å²) in [5, 5.41) is 1.14. The second-order valence-corrected chi connectivity index (χ2v) is 4.46. The van der Waals surface area contributed by atoms with E-state index in [-0.39, 0.29) is 12.0 Å². The van der Waals surface area contributed by atoms with Crippen molar-refractivity contribution in [2.75, 3.05) is 6.61 Å². The first kappa shape index (κ1) is 10.1. The Morgan fingerprint density at radius 3 is 2.86 bits per heavy atom. The van der Waals surface area contributed by atoms with Gasteiger partial charge in [0.1, 0.15) is 5.75 Å². The van der Waals surface area contributed by atoms with Gasteiger partial charge in [-0.25, -0.2) is 0 Å². The van der Waals surface area contributed by atoms with Gasteiger partial charge in [0.05, 0.1) is 11.6 Å². The predicted molar refractivity (Wildman–Crippen MR) is 58.0 cm³/mol. The van der Waals surface area contributed by atoms with Crippen LogP contribution in [-0.2, 0) is 0 Å². The second-order valence-electron chi connectivity index (χ2n) is 3.62. The van der Waals surface area contributed by atoms with Gasteiger partial charge in [0.15, 0.2) is 0 Å². The molecule has 0 radical (unpaired) electrons. The van der Waals surface area contributed by atoms with E-state index in [1.165, 1.54) is 0 Å². The van der Waals surface area contributed by atoms with E-state index in [0.29, 0.717) is 22.4 Å². The van der Waals surface area contributed by atoms with Crippen molar-refractivity contribution < 1.29 is 4.74 Å². The third-order valence-corrected chi connectivity index (χ3v) is 3.00. The lowest BCUT2D eigenvalue weighted by Gasteiger charge is -2.29. The molecule has 4 heteroatoms. The molecule has 0 saturated carbocycles. The zero-order valence-electron chi connectivity index (χ0n) is 7.76. The number of benzene rings is 1. The summed E-state index contributed by atoms with van der Waals surface area (Å²) in [6.07, 6.45) is 0. The molecule has 2 rings (SSSR count). The molecule has 0 bridgehead atoms. The molecule has 1 aliphatic heterocycles. The third kappa shape index (κ3) is 1.58. The molecule has 0 fully saturated rings. The molecule has 2 unspecified atom stereocenters. The fourth-order valence-electron chi connectivity index (χ4n) is 1.61. The minimum absolute atomic E-state index is 0.0463. The summed E-state index contributed by atoms with van der Waals surface area (Å²) in [4.78, 5) is 0. The van der Waals surface area contributed by atoms with Crippen LogP contribution in [0.3, 0.4) is 0 Å². The maximum atomic E-state index is 6.03. The summed E-state index contributed by atoms with van der Waals surface area (Å²) in [7, 11) is 0. The van der Waals surface area contributed by atoms with Gasteiger partial charge in [0.2, 0.25) is 0 Å². The van der Waals surface area contributed by atoms with E-state index in [4.69, 9.17) is 33.7 Å². The monoisotopic (exact) mass is 231 g/mol. The number of hydrogen-bond acceptors (Lipinski definition) is 2. The lowest BCUT2D eigenvalue weighted by molar-refractivity contribution is 0.207. The Hall–Kier alpha value is -0.440. The quantitative estimate of drug-likeness (QED) is 0.746. The van der Waals surface area contributed by atoms with Crippen molar-refractivity contribution in [2.45, 2.75) is 13.0 Å². The van der Waals surface area contributed by atoms with Gasteiger partial charge >= 0.3 is 0 Å². The number of ether oxygens (including phenoxy) is 1. The van der Waals surface area contributed by atoms with Crippen molar-refractivity contribution in [3.05, 3.63) is 27.7 Å². The number of nitrogens with two attached hydrogens (primary N) is 1. The highest BCUT2D eigenvalue weighted by molar-refractivity contribution is 6.35. The summed E-state index contributed by atoms with van der Waals surface area (Å²) in [5.41, 5.74) is 6.93. The molecule has 2 nitrogen and oxygen atoms in total. The van der Waals surface area contributed by atoms with Crippen molar-refractivity contribution >= 4 is 23.2 Å². The van der Waals surface area contributed by atoms with E-state index in [1.54, 1.807) is 6.07 Å². The highest BCUT2D eigenvalue weighted by atomic mass is 35.5. The molecule has 0 aliphatic carbocycles. The van der Waals surface area contributed by atoms with Crippen LogP contribution in [0.1, 0.15) is 18.5 Å². The fraction of sp³-hybridized carbons (Fsp3) is 0.400. The number of fused-ring (bicyclic) bond motifs is 1. The first-order valence-corrected chi connectivity index (χ1v) is 5.22. The minimum Gasteiger partial charge on any atom is -0.491 e. The molecule has 2 N–H and O–H groups in total. The minimum atomic E-state index is -0.0463. The van der Waals surface area contributed by atoms with Gasteiger partial charge in [0.25, 0.3) is 0 Å². The molecule has 0 aromatic heterocycles. The topological polar surface area (TPSA) is 35.2 Å². The Morgan fingerprint density at radius 1 is 1.43 bits per heavy atom. The van der Waals surface area contributed by atoms with Crippen LogP contribution in [0.5, 0.6) is 5.75 Å². The second kappa shape index (κ2) is 3.61. The third-order valence-electron chi connectivity index (χ3n) is 2.50. The first-order valence-electron chi connectivity index (χ1n) is 4.47. The van der Waals surface area contributed by atoms with E-state index < -0.39 is 0 Å². The number of rotatable bonds is 0. The molecule has 1 aromatic carbocycles. The number of halogens is 2. The van der Waals surface area contributed by atoms with Crippen LogP contribution in [0.15, 0.2) is 12.1 Å². The molecule has 0 saturated heterocycles. The van der Waals surface area contributed by atoms with Crippen LogP contribution in [0, 0.1) is 5.92 Å². The van der Waals surface area contributed by atoms with Crippen molar-refractivity contribution in [1.82, 2.24) is 0 Å². The molecule has 14 heavy (non-hydrogen) atoms. The van der Waals surface area contributed by atoms with Crippen LogP contribution in [-0.4, -0.2) is 6.61 Å². The largest absolute Gasteiger partial charge is 0.491 e. The Morgan fingerprint density at radius 2 is 2.14 bits per heavy atom. The van der Waals surface area contributed by atoms with Gasteiger partial charge in [-0.05, 0) is 12.1 Å². The molecule has 1 aromatic rings. The maximum Gasteiger partial charge on any atom is 0.142 e. The predicted octanol–water partition coefficient (Wildman–Crippen LogP) is 3.02. The van der Waals surface area contributed by atoms with Gasteiger partial charge in [-0.15, -0.1) is 0 Å². The Balaban J connectivity index is 2.54. The van der Waals surface area contributed by atoms with Crippen LogP contribution in [0.25, 0.3) is 0 Å². The van der Waals surface area contributed by atoms with Crippen molar-refractivity contribution in [1.29, 1.82) is 0 Å². The number of hydrogen-bond donors (Lipinski definition) is 1. The average Bonchev–Trinajstić information content (AvgIpc) is 2.12. The summed E-state index contributed by atoms with van der Waals surface area (Å²) in [6, 6.07) is 3.45. The normalized spacial score (nSPS) is 25.4. The maximum absolute atomic E-state index is 6.03. The van der Waals surface area contributed by atoms with Crippen molar-refractivity contribution in [3.8, 4) is 5.75 Å². The van der Waals surface area contributed by atoms with E-state index >= 15 is 0 Å². The van der Waals surface area contributed by atoms with Gasteiger partial charge in [-0.3, -0.25) is 0 Å². The molecule has 76 valence electrons. The molecule has 2 atom stereocenters. The smallest absolute Gasteiger partial charge is 0.142 e. The average molecular weight is 232 g/mol. The van der Waals surface area contributed by atoms with Gasteiger partial charge in [0, 0.05) is 22.5 Å². The van der Waals surface area contributed by atoms with Crippen molar-refractivity contribution in [2.24, 2.45) is 11.7 Å². The Kier molecular flexibility index (Phi) is 2.60. The molecule has 0 amide bonds. The van der Waals surface area contributed by atoms with Gasteiger partial charge < -0.3 is 10.5 Å². The SMILES string of the molecule is CC1COc2c(Cl)cc(Cl)cc2C1N. The van der Waals surface area contributed by atoms with Gasteiger partial charge in [-0.1, -0.05) is 30.1 Å². The van der Waals surface area contributed by atoms with Crippen LogP contribution in [0.2, 0.25) is 10.0 Å². The van der Waals surface area contributed by atoms with Crippen LogP contribution >= 0.6 is 23.2 Å². The zero-order chi connectivity index (χ0) is 10.3. The van der Waals surface area contributed by atoms with E-state index in [1.807, 2.05) is 13.0 Å². The molecular formula is C10H11Cl2NO. The fourth-order valence-corrected chi connectivity index (χ4v) is 2.17. The summed E-state index contributed by atoms with van der Waals surface area (Å²) in [6.45, 7) is 2.65. The molecule has 1 aliphatic rings. The summed E-state index contributed by atoms with van der Waals surface area (Å²) < 4.78 is 5.52. The Bertz CT molecular complexity index is 367. The zero-order valence-corrected chi connectivity index (χ0v) is 9.27. The first-order chi connectivity index (χ1) is 6.59. The Labute approximate surface area is 92.9 Å². The standard InChI is InChI=1S/C10H11Cl2NO/c1-5-4-14-10-7(9(5)13)2-6(11)3-8(10)12/h2-3,5,9H,4,13H2,1H3. The molecule has 1 heterocycles. The van der Waals surface area contributed by atoms with Crippen molar-refractivity contribution in [3.63, 3.8) is 0 Å². The van der Waals surface area contributed by atoms with Gasteiger partial charge in [-0.2, -0.15) is 0 Å². The molecular weight excluding hydrogens is 221 g/mol. The van der Waals surface area contributed by atoms with Crippen LogP contribution in [0.4, 0.5) is 0 Å². The highest BCUT2D eigenvalue weighted by Crippen LogP contribution is 2.40. The molecule has 0 spiro atoms. The highest BCUT2D eigenvalue weighted by Gasteiger charge is 2.26. The van der Waals surface area contributed by atoms with E-state index in [2.05, 4.69) is 0 Å². The summed E-state index contributed by atoms with van der Waals surface area (Å²) >= 11 is 11.9. The lowest BCUT2D eigenvalue weighted by atomic mass is 9.93. The lowest BCUT2D eigenvalue weighted by Crippen LogP contribution is -2.29. The van der Waals surface area contributed by atoms with Crippen LogP contribution < -0.4 is 10.5 Å². The van der Waals surface area contributed by atoms with E-state index in [9.17, 15) is 0 Å². The van der Waals surface area contributed by atoms with E-state index in [0.717, 1.165) is 5.56 Å².